The molecule has 0 spiro atoms. The van der Waals surface area contributed by atoms with E-state index in [0.717, 1.165) is 29.9 Å². The minimum absolute atomic E-state index is 0.501. The second-order valence-electron chi connectivity index (χ2n) is 4.55. The van der Waals surface area contributed by atoms with Crippen molar-refractivity contribution in [3.05, 3.63) is 28.5 Å². The third-order valence-corrected chi connectivity index (χ3v) is 3.80. The Labute approximate surface area is 110 Å². The molecule has 16 heavy (non-hydrogen) atoms. The van der Waals surface area contributed by atoms with Crippen LogP contribution in [0.2, 0.25) is 0 Å². The molecule has 1 fully saturated rings. The van der Waals surface area contributed by atoms with Gasteiger partial charge in [0, 0.05) is 35.8 Å². The molecular formula is C12H16BrClN2. The maximum Gasteiger partial charge on any atom is 0.0410 e. The van der Waals surface area contributed by atoms with Crippen molar-refractivity contribution in [2.24, 2.45) is 5.41 Å². The van der Waals surface area contributed by atoms with Crippen molar-refractivity contribution in [3.8, 4) is 0 Å². The lowest BCUT2D eigenvalue weighted by molar-refractivity contribution is 0.445. The lowest BCUT2D eigenvalue weighted by Gasteiger charge is -2.14. The predicted molar refractivity (Wildman–Crippen MR) is 70.6 cm³/mol. The van der Waals surface area contributed by atoms with Gasteiger partial charge < -0.3 is 5.32 Å². The topological polar surface area (TPSA) is 24.9 Å². The van der Waals surface area contributed by atoms with E-state index in [-0.39, 0.29) is 0 Å². The molecule has 0 aliphatic heterocycles. The SMILES string of the molecule is ClCCC1(CNCc2cncc(Br)c2)CC1. The zero-order chi connectivity index (χ0) is 11.4. The maximum atomic E-state index is 5.80. The van der Waals surface area contributed by atoms with Crippen molar-refractivity contribution >= 4 is 27.5 Å². The Bertz CT molecular complexity index is 353. The van der Waals surface area contributed by atoms with Gasteiger partial charge in [0.05, 0.1) is 0 Å². The van der Waals surface area contributed by atoms with Gasteiger partial charge in [-0.15, -0.1) is 11.6 Å². The molecule has 0 aromatic carbocycles. The number of hydrogen-bond acceptors (Lipinski definition) is 2. The van der Waals surface area contributed by atoms with Crippen LogP contribution in [0, 0.1) is 5.41 Å². The van der Waals surface area contributed by atoms with Crippen LogP contribution >= 0.6 is 27.5 Å². The highest BCUT2D eigenvalue weighted by molar-refractivity contribution is 9.10. The fraction of sp³-hybridized carbons (Fsp3) is 0.583. The van der Waals surface area contributed by atoms with Crippen LogP contribution in [0.5, 0.6) is 0 Å². The summed E-state index contributed by atoms with van der Waals surface area (Å²) in [6, 6.07) is 2.10. The molecule has 1 aromatic heterocycles. The van der Waals surface area contributed by atoms with Gasteiger partial charge in [-0.25, -0.2) is 0 Å². The number of aromatic nitrogens is 1. The molecular weight excluding hydrogens is 288 g/mol. The lowest BCUT2D eigenvalue weighted by atomic mass is 10.0. The first-order valence-electron chi connectivity index (χ1n) is 5.60. The molecule has 1 aliphatic rings. The van der Waals surface area contributed by atoms with Crippen LogP contribution in [0.15, 0.2) is 22.9 Å². The molecule has 1 N–H and O–H groups in total. The molecule has 1 aliphatic carbocycles. The number of nitrogens with one attached hydrogen (secondary N) is 1. The van der Waals surface area contributed by atoms with Gasteiger partial charge in [0.1, 0.15) is 0 Å². The summed E-state index contributed by atoms with van der Waals surface area (Å²) >= 11 is 9.22. The largest absolute Gasteiger partial charge is 0.312 e. The zero-order valence-electron chi connectivity index (χ0n) is 9.18. The van der Waals surface area contributed by atoms with Gasteiger partial charge in [0.15, 0.2) is 0 Å². The molecule has 0 atom stereocenters. The van der Waals surface area contributed by atoms with Gasteiger partial charge in [-0.3, -0.25) is 4.98 Å². The second kappa shape index (κ2) is 5.48. The van der Waals surface area contributed by atoms with Gasteiger partial charge in [-0.05, 0) is 52.2 Å². The standard InChI is InChI=1S/C12H16BrClN2/c13-11-5-10(6-15-8-11)7-16-9-12(1-2-12)3-4-14/h5-6,8,16H,1-4,7,9H2. The summed E-state index contributed by atoms with van der Waals surface area (Å²) in [6.07, 6.45) is 7.49. The van der Waals surface area contributed by atoms with E-state index < -0.39 is 0 Å². The van der Waals surface area contributed by atoms with Gasteiger partial charge >= 0.3 is 0 Å². The molecule has 88 valence electrons. The van der Waals surface area contributed by atoms with Gasteiger partial charge in [-0.1, -0.05) is 0 Å². The van der Waals surface area contributed by atoms with Crippen LogP contribution in [0.3, 0.4) is 0 Å². The van der Waals surface area contributed by atoms with Crippen LogP contribution in [0.4, 0.5) is 0 Å². The summed E-state index contributed by atoms with van der Waals surface area (Å²) in [5, 5.41) is 3.50. The fourth-order valence-corrected chi connectivity index (χ4v) is 2.73. The van der Waals surface area contributed by atoms with Crippen molar-refractivity contribution in [2.45, 2.75) is 25.8 Å². The molecule has 2 rings (SSSR count). The molecule has 0 amide bonds. The van der Waals surface area contributed by atoms with Crippen LogP contribution in [-0.4, -0.2) is 17.4 Å². The molecule has 1 aromatic rings. The number of rotatable bonds is 6. The number of alkyl halides is 1. The molecule has 0 saturated heterocycles. The first-order chi connectivity index (χ1) is 7.74. The first-order valence-corrected chi connectivity index (χ1v) is 6.93. The average molecular weight is 304 g/mol. The van der Waals surface area contributed by atoms with E-state index in [0.29, 0.717) is 5.41 Å². The van der Waals surface area contributed by atoms with E-state index >= 15 is 0 Å². The fourth-order valence-electron chi connectivity index (χ4n) is 1.92. The molecule has 0 unspecified atom stereocenters. The first kappa shape index (κ1) is 12.3. The second-order valence-corrected chi connectivity index (χ2v) is 5.85. The Kier molecular flexibility index (Phi) is 4.22. The highest BCUT2D eigenvalue weighted by Crippen LogP contribution is 2.48. The van der Waals surface area contributed by atoms with Crippen molar-refractivity contribution in [3.63, 3.8) is 0 Å². The van der Waals surface area contributed by atoms with E-state index in [9.17, 15) is 0 Å². The molecule has 0 radical (unpaired) electrons. The Morgan fingerprint density at radius 2 is 2.25 bits per heavy atom. The minimum Gasteiger partial charge on any atom is -0.312 e. The third kappa shape index (κ3) is 3.44. The summed E-state index contributed by atoms with van der Waals surface area (Å²) in [6.45, 7) is 1.96. The quantitative estimate of drug-likeness (QED) is 0.815. The average Bonchev–Trinajstić information content (AvgIpc) is 2.99. The third-order valence-electron chi connectivity index (χ3n) is 3.17. The van der Waals surface area contributed by atoms with Gasteiger partial charge in [0.25, 0.3) is 0 Å². The molecule has 1 heterocycles. The Morgan fingerprint density at radius 1 is 1.44 bits per heavy atom. The smallest absolute Gasteiger partial charge is 0.0410 e. The number of pyridine rings is 1. The van der Waals surface area contributed by atoms with Crippen molar-refractivity contribution in [1.82, 2.24) is 10.3 Å². The summed E-state index contributed by atoms with van der Waals surface area (Å²) in [7, 11) is 0. The monoisotopic (exact) mass is 302 g/mol. The molecule has 4 heteroatoms. The van der Waals surface area contributed by atoms with Crippen LogP contribution in [0.25, 0.3) is 0 Å². The summed E-state index contributed by atoms with van der Waals surface area (Å²) in [4.78, 5) is 4.14. The summed E-state index contributed by atoms with van der Waals surface area (Å²) in [5.41, 5.74) is 1.72. The minimum atomic E-state index is 0.501. The van der Waals surface area contributed by atoms with E-state index in [1.54, 1.807) is 6.20 Å². The molecule has 2 nitrogen and oxygen atoms in total. The zero-order valence-corrected chi connectivity index (χ0v) is 11.5. The lowest BCUT2D eigenvalue weighted by Crippen LogP contribution is -2.24. The normalized spacial score (nSPS) is 17.4. The highest BCUT2D eigenvalue weighted by Gasteiger charge is 2.40. The maximum absolute atomic E-state index is 5.80. The molecule has 1 saturated carbocycles. The van der Waals surface area contributed by atoms with Gasteiger partial charge in [-0.2, -0.15) is 0 Å². The highest BCUT2D eigenvalue weighted by atomic mass is 79.9. The van der Waals surface area contributed by atoms with Crippen molar-refractivity contribution < 1.29 is 0 Å². The number of hydrogen-bond donors (Lipinski definition) is 1. The van der Waals surface area contributed by atoms with Gasteiger partial charge in [0.2, 0.25) is 0 Å². The number of halogens is 2. The van der Waals surface area contributed by atoms with E-state index in [2.05, 4.69) is 32.3 Å². The predicted octanol–water partition coefficient (Wildman–Crippen LogP) is 3.34. The number of nitrogens with zero attached hydrogens (tertiary/aromatic N) is 1. The van der Waals surface area contributed by atoms with E-state index in [1.807, 2.05) is 6.20 Å². The Balaban J connectivity index is 1.76. The Morgan fingerprint density at radius 3 is 2.88 bits per heavy atom. The van der Waals surface area contributed by atoms with E-state index in [4.69, 9.17) is 11.6 Å². The van der Waals surface area contributed by atoms with Crippen LogP contribution in [0.1, 0.15) is 24.8 Å². The van der Waals surface area contributed by atoms with Crippen molar-refractivity contribution in [2.75, 3.05) is 12.4 Å². The van der Waals surface area contributed by atoms with Crippen molar-refractivity contribution in [1.29, 1.82) is 0 Å². The van der Waals surface area contributed by atoms with Crippen LogP contribution < -0.4 is 5.32 Å². The van der Waals surface area contributed by atoms with E-state index in [1.165, 1.54) is 18.4 Å². The summed E-state index contributed by atoms with van der Waals surface area (Å²) in [5.74, 6) is 0.778. The Hall–Kier alpha value is -0.120. The summed E-state index contributed by atoms with van der Waals surface area (Å²) < 4.78 is 1.04. The molecule has 0 bridgehead atoms. The van der Waals surface area contributed by atoms with Crippen LogP contribution in [-0.2, 0) is 6.54 Å².